The zero-order valence-corrected chi connectivity index (χ0v) is 17.6. The summed E-state index contributed by atoms with van der Waals surface area (Å²) in [7, 11) is 1.42. The Morgan fingerprint density at radius 2 is 2.00 bits per heavy atom. The lowest BCUT2D eigenvalue weighted by atomic mass is 9.77. The van der Waals surface area contributed by atoms with Gasteiger partial charge in [-0.1, -0.05) is 0 Å². The van der Waals surface area contributed by atoms with Crippen molar-refractivity contribution in [2.75, 3.05) is 19.9 Å². The summed E-state index contributed by atoms with van der Waals surface area (Å²) < 4.78 is 5.25. The second-order valence-corrected chi connectivity index (χ2v) is 8.00. The van der Waals surface area contributed by atoms with Crippen molar-refractivity contribution in [2.45, 2.75) is 48.0 Å². The van der Waals surface area contributed by atoms with Crippen LogP contribution < -0.4 is 21.1 Å². The third kappa shape index (κ3) is 5.63. The van der Waals surface area contributed by atoms with E-state index in [0.29, 0.717) is 5.75 Å². The van der Waals surface area contributed by atoms with Gasteiger partial charge < -0.3 is 36.4 Å². The number of aliphatic hydroxyl groups is 3. The van der Waals surface area contributed by atoms with Crippen molar-refractivity contribution in [3.63, 3.8) is 0 Å². The van der Waals surface area contributed by atoms with Crippen molar-refractivity contribution < 1.29 is 34.4 Å². The molecule has 1 aliphatic rings. The maximum absolute atomic E-state index is 12.7. The number of thioether (sulfide) groups is 1. The highest BCUT2D eigenvalue weighted by Gasteiger charge is 2.49. The highest BCUT2D eigenvalue weighted by Crippen LogP contribution is 2.31. The van der Waals surface area contributed by atoms with E-state index >= 15 is 0 Å². The molecule has 0 radical (unpaired) electrons. The topological polar surface area (TPSA) is 171 Å². The minimum atomic E-state index is -2.04. The molecule has 11 heteroatoms. The predicted molar refractivity (Wildman–Crippen MR) is 109 cm³/mol. The predicted octanol–water partition coefficient (Wildman–Crippen LogP) is -1.25. The Balaban J connectivity index is 2.15. The average molecular weight is 442 g/mol. The summed E-state index contributed by atoms with van der Waals surface area (Å²) in [6.45, 7) is -0.0782. The normalized spacial score (nSPS) is 26.0. The Kier molecular flexibility index (Phi) is 8.07. The van der Waals surface area contributed by atoms with Gasteiger partial charge in [-0.3, -0.25) is 14.4 Å². The lowest BCUT2D eigenvalue weighted by molar-refractivity contribution is -0.157. The standard InChI is InChI=1S/C19H27N3O7S/c1-29-14-7-10(30-2)3-4-11(14)17(26)22-12-8-19(28,9-13(23)16(12)25)18(27)21-6-5-15(20)24/h3-4,7,12-13,16,23,25,28H,5-6,8-9H2,1-2H3,(H2,20,24)(H,21,27)(H,22,26)/t12-,13+,16+,19-/m0/s1. The fraction of sp³-hybridized carbons (Fsp3) is 0.526. The minimum Gasteiger partial charge on any atom is -0.496 e. The molecular formula is C19H27N3O7S. The number of nitrogens with one attached hydrogen (secondary N) is 2. The lowest BCUT2D eigenvalue weighted by Crippen LogP contribution is -2.63. The number of hydrogen-bond acceptors (Lipinski definition) is 8. The van der Waals surface area contributed by atoms with Gasteiger partial charge in [0.1, 0.15) is 17.5 Å². The highest BCUT2D eigenvalue weighted by atomic mass is 32.2. The third-order valence-electron chi connectivity index (χ3n) is 4.96. The summed E-state index contributed by atoms with van der Waals surface area (Å²) in [5.74, 6) is -1.71. The maximum Gasteiger partial charge on any atom is 0.255 e. The lowest BCUT2D eigenvalue weighted by Gasteiger charge is -2.41. The molecule has 4 atom stereocenters. The molecule has 1 fully saturated rings. The van der Waals surface area contributed by atoms with Gasteiger partial charge in [0.05, 0.1) is 24.8 Å². The van der Waals surface area contributed by atoms with E-state index in [1.54, 1.807) is 18.2 Å². The van der Waals surface area contributed by atoms with Gasteiger partial charge in [-0.05, 0) is 24.5 Å². The number of amides is 3. The molecule has 0 saturated heterocycles. The summed E-state index contributed by atoms with van der Waals surface area (Å²) >= 11 is 1.48. The van der Waals surface area contributed by atoms with Gasteiger partial charge in [-0.15, -0.1) is 11.8 Å². The van der Waals surface area contributed by atoms with Crippen LogP contribution in [0.4, 0.5) is 0 Å². The van der Waals surface area contributed by atoms with Crippen molar-refractivity contribution in [1.29, 1.82) is 0 Å². The van der Waals surface area contributed by atoms with Crippen LogP contribution in [0.5, 0.6) is 5.75 Å². The smallest absolute Gasteiger partial charge is 0.255 e. The number of carbonyl (C=O) groups excluding carboxylic acids is 3. The van der Waals surface area contributed by atoms with E-state index in [1.165, 1.54) is 18.9 Å². The molecule has 0 spiro atoms. The molecule has 1 aliphatic carbocycles. The third-order valence-corrected chi connectivity index (χ3v) is 5.69. The first-order valence-corrected chi connectivity index (χ1v) is 10.5. The maximum atomic E-state index is 12.7. The van der Waals surface area contributed by atoms with Crippen molar-refractivity contribution in [2.24, 2.45) is 5.73 Å². The number of ether oxygens (including phenoxy) is 1. The monoisotopic (exact) mass is 441 g/mol. The number of aliphatic hydroxyl groups excluding tert-OH is 2. The Bertz CT molecular complexity index is 806. The van der Waals surface area contributed by atoms with Crippen molar-refractivity contribution in [1.82, 2.24) is 10.6 Å². The number of methoxy groups -OCH3 is 1. The summed E-state index contributed by atoms with van der Waals surface area (Å²) in [6.07, 6.45) is -1.82. The summed E-state index contributed by atoms with van der Waals surface area (Å²) in [6, 6.07) is 3.89. The average Bonchev–Trinajstić information content (AvgIpc) is 2.70. The van der Waals surface area contributed by atoms with Crippen molar-refractivity contribution in [3.8, 4) is 5.75 Å². The van der Waals surface area contributed by atoms with Gasteiger partial charge in [0.15, 0.2) is 0 Å². The number of hydrogen-bond donors (Lipinski definition) is 6. The Hall–Kier alpha value is -2.34. The zero-order chi connectivity index (χ0) is 22.5. The minimum absolute atomic E-state index is 0.0782. The molecule has 0 unspecified atom stereocenters. The van der Waals surface area contributed by atoms with E-state index in [0.717, 1.165) is 4.90 Å². The van der Waals surface area contributed by atoms with Gasteiger partial charge in [-0.25, -0.2) is 0 Å². The molecule has 0 bridgehead atoms. The molecule has 2 rings (SSSR count). The number of primary amides is 1. The molecule has 0 heterocycles. The molecule has 7 N–H and O–H groups in total. The fourth-order valence-electron chi connectivity index (χ4n) is 3.32. The van der Waals surface area contributed by atoms with Crippen LogP contribution in [0, 0.1) is 0 Å². The molecule has 30 heavy (non-hydrogen) atoms. The summed E-state index contributed by atoms with van der Waals surface area (Å²) in [5.41, 5.74) is 3.18. The largest absolute Gasteiger partial charge is 0.496 e. The first kappa shape index (κ1) is 23.9. The molecule has 3 amide bonds. The van der Waals surface area contributed by atoms with Crippen molar-refractivity contribution >= 4 is 29.5 Å². The Morgan fingerprint density at radius 1 is 1.30 bits per heavy atom. The SMILES string of the molecule is COc1cc(SC)ccc1C(=O)N[C@H]1C[C@@](O)(C(=O)NCCC(N)=O)C[C@@H](O)[C@@H]1O. The van der Waals surface area contributed by atoms with E-state index in [-0.39, 0.29) is 24.9 Å². The van der Waals surface area contributed by atoms with E-state index in [9.17, 15) is 29.7 Å². The van der Waals surface area contributed by atoms with Crippen LogP contribution in [-0.4, -0.2) is 76.8 Å². The zero-order valence-electron chi connectivity index (χ0n) is 16.8. The van der Waals surface area contributed by atoms with E-state index in [2.05, 4.69) is 10.6 Å². The van der Waals surface area contributed by atoms with E-state index in [4.69, 9.17) is 10.5 Å². The van der Waals surface area contributed by atoms with Crippen LogP contribution in [0.25, 0.3) is 0 Å². The van der Waals surface area contributed by atoms with Crippen LogP contribution in [0.1, 0.15) is 29.6 Å². The van der Waals surface area contributed by atoms with Gasteiger partial charge >= 0.3 is 0 Å². The van der Waals surface area contributed by atoms with Gasteiger partial charge in [-0.2, -0.15) is 0 Å². The van der Waals surface area contributed by atoms with Crippen molar-refractivity contribution in [3.05, 3.63) is 23.8 Å². The van der Waals surface area contributed by atoms with E-state index < -0.39 is 48.0 Å². The Labute approximate surface area is 178 Å². The summed E-state index contributed by atoms with van der Waals surface area (Å²) in [5, 5.41) is 36.1. The molecular weight excluding hydrogens is 414 g/mol. The van der Waals surface area contributed by atoms with E-state index in [1.807, 2.05) is 6.26 Å². The second kappa shape index (κ2) is 10.1. The van der Waals surface area contributed by atoms with Crippen LogP contribution >= 0.6 is 11.8 Å². The number of carbonyl (C=O) groups is 3. The molecule has 10 nitrogen and oxygen atoms in total. The van der Waals surface area contributed by atoms with Crippen LogP contribution in [0.3, 0.4) is 0 Å². The first-order valence-electron chi connectivity index (χ1n) is 9.29. The van der Waals surface area contributed by atoms with Gasteiger partial charge in [0.25, 0.3) is 11.8 Å². The van der Waals surface area contributed by atoms with Gasteiger partial charge in [0, 0.05) is 30.7 Å². The Morgan fingerprint density at radius 3 is 2.60 bits per heavy atom. The highest BCUT2D eigenvalue weighted by molar-refractivity contribution is 7.98. The van der Waals surface area contributed by atoms with Gasteiger partial charge in [0.2, 0.25) is 5.91 Å². The van der Waals surface area contributed by atoms with Crippen LogP contribution in [0.2, 0.25) is 0 Å². The number of nitrogens with two attached hydrogens (primary N) is 1. The second-order valence-electron chi connectivity index (χ2n) is 7.12. The molecule has 166 valence electrons. The first-order chi connectivity index (χ1) is 14.1. The molecule has 1 aromatic rings. The quantitative estimate of drug-likeness (QED) is 0.272. The molecule has 1 saturated carbocycles. The fourth-order valence-corrected chi connectivity index (χ4v) is 3.75. The summed E-state index contributed by atoms with van der Waals surface area (Å²) in [4.78, 5) is 36.8. The molecule has 0 aromatic heterocycles. The van der Waals surface area contributed by atoms with Crippen LogP contribution in [0.15, 0.2) is 23.1 Å². The van der Waals surface area contributed by atoms with Crippen LogP contribution in [-0.2, 0) is 9.59 Å². The number of benzene rings is 1. The molecule has 1 aromatic carbocycles. The number of rotatable bonds is 8. The molecule has 0 aliphatic heterocycles.